The van der Waals surface area contributed by atoms with Crippen LogP contribution in [-0.4, -0.2) is 44.2 Å². The number of hydrogen-bond acceptors (Lipinski definition) is 2. The number of likely N-dealkylation sites (N-methyl/N-ethyl adjacent to an activating group) is 1. The third-order valence-electron chi connectivity index (χ3n) is 5.58. The Morgan fingerprint density at radius 1 is 1.15 bits per heavy atom. The van der Waals surface area contributed by atoms with Gasteiger partial charge in [0.25, 0.3) is 0 Å². The molecule has 1 aliphatic carbocycles. The van der Waals surface area contributed by atoms with Crippen LogP contribution in [0.5, 0.6) is 0 Å². The molecule has 5 atom stereocenters. The lowest BCUT2D eigenvalue weighted by Gasteiger charge is -2.51. The van der Waals surface area contributed by atoms with Crippen LogP contribution in [-0.2, 0) is 10.3 Å². The van der Waals surface area contributed by atoms with Gasteiger partial charge in [0.05, 0.1) is 5.54 Å². The Hall–Kier alpha value is -0.600. The lowest BCUT2D eigenvalue weighted by Crippen LogP contribution is -2.57. The molecule has 0 heterocycles. The summed E-state index contributed by atoms with van der Waals surface area (Å²) in [7, 11) is 10.5. The molecule has 0 bridgehead atoms. The second-order valence-corrected chi connectivity index (χ2v) is 6.60. The van der Waals surface area contributed by atoms with Crippen molar-refractivity contribution in [3.63, 3.8) is 0 Å². The average molecular weight is 285 g/mol. The monoisotopic (exact) mass is 285 g/mol. The van der Waals surface area contributed by atoms with Crippen molar-refractivity contribution in [2.45, 2.75) is 28.8 Å². The fourth-order valence-corrected chi connectivity index (χ4v) is 4.06. The van der Waals surface area contributed by atoms with Crippen LogP contribution in [0.1, 0.15) is 5.56 Å². The van der Waals surface area contributed by atoms with Gasteiger partial charge in [-0.1, -0.05) is 41.4 Å². The summed E-state index contributed by atoms with van der Waals surface area (Å²) in [5.41, 5.74) is 0.233. The van der Waals surface area contributed by atoms with Crippen molar-refractivity contribution in [1.82, 2.24) is 5.32 Å². The van der Waals surface area contributed by atoms with Crippen molar-refractivity contribution < 1.29 is 4.79 Å². The van der Waals surface area contributed by atoms with Crippen molar-refractivity contribution in [3.8, 4) is 0 Å². The van der Waals surface area contributed by atoms with Crippen LogP contribution < -0.4 is 5.32 Å². The third kappa shape index (κ3) is 2.08. The molecule has 0 aromatic heterocycles. The number of rotatable bonds is 2. The van der Waals surface area contributed by atoms with Gasteiger partial charge in [0.15, 0.2) is 5.78 Å². The first kappa shape index (κ1) is 15.8. The van der Waals surface area contributed by atoms with E-state index in [4.69, 9.17) is 11.6 Å². The fourth-order valence-electron chi connectivity index (χ4n) is 3.77. The summed E-state index contributed by atoms with van der Waals surface area (Å²) in [6.45, 7) is 0. The summed E-state index contributed by atoms with van der Waals surface area (Å²) in [6.07, 6.45) is 0. The predicted octanol–water partition coefficient (Wildman–Crippen LogP) is -0.976. The van der Waals surface area contributed by atoms with Crippen LogP contribution in [0, 0.1) is 0 Å². The Balaban J connectivity index is 2.64. The Morgan fingerprint density at radius 3 is 2.30 bits per heavy atom. The van der Waals surface area contributed by atoms with E-state index in [2.05, 4.69) is 28.9 Å². The second-order valence-electron chi connectivity index (χ2n) is 6.20. The zero-order valence-corrected chi connectivity index (χ0v) is 13.7. The van der Waals surface area contributed by atoms with E-state index in [1.165, 1.54) is 0 Å². The Labute approximate surface area is 130 Å². The smallest absolute Gasteiger partial charge is 0.151 e. The van der Waals surface area contributed by atoms with Crippen molar-refractivity contribution in [1.29, 1.82) is 0 Å². The molecule has 7 heteroatoms. The second kappa shape index (κ2) is 5.65. The largest absolute Gasteiger partial charge is 0.305 e. The number of ketones is 1. The summed E-state index contributed by atoms with van der Waals surface area (Å²) in [6, 6.07) is 7.70. The first-order valence-corrected chi connectivity index (χ1v) is 7.74. The summed E-state index contributed by atoms with van der Waals surface area (Å²) >= 11 is 6.40. The Bertz CT molecular complexity index is 529. The van der Waals surface area contributed by atoms with Crippen molar-refractivity contribution in [2.75, 3.05) is 7.05 Å². The fraction of sp³-hybridized carbons (Fsp3) is 0.462. The molecule has 1 aromatic rings. The minimum Gasteiger partial charge on any atom is -0.305 e. The molecule has 1 saturated carbocycles. The first-order valence-electron chi connectivity index (χ1n) is 7.36. The van der Waals surface area contributed by atoms with E-state index in [0.717, 1.165) is 5.56 Å². The number of Topliss-reactive ketones (excluding diaryl/α,β-unsaturated/α-hetero) is 1. The maximum atomic E-state index is 13.1. The Morgan fingerprint density at radius 2 is 1.75 bits per heavy atom. The molecule has 0 saturated heterocycles. The highest BCUT2D eigenvalue weighted by Crippen LogP contribution is 2.55. The van der Waals surface area contributed by atoms with E-state index in [1.807, 2.05) is 39.2 Å². The average Bonchev–Trinajstić information content (AvgIpc) is 2.46. The van der Waals surface area contributed by atoms with E-state index in [1.54, 1.807) is 0 Å². The molecular formula is C13H20B4ClNO. The van der Waals surface area contributed by atoms with Gasteiger partial charge in [0.2, 0.25) is 0 Å². The minimum absolute atomic E-state index is 0.0323. The van der Waals surface area contributed by atoms with Gasteiger partial charge in [-0.2, -0.15) is 0 Å². The lowest BCUT2D eigenvalue weighted by molar-refractivity contribution is -0.127. The van der Waals surface area contributed by atoms with Crippen LogP contribution >= 0.6 is 11.6 Å². The number of carbonyl (C=O) groups is 1. The standard InChI is InChI=1S/C13H20B4ClNO/c1-19-13(6-4-2-3-5-7(6)18)11(17)9(15)8(14)10(16)12(13)20/h2-5,8-11,19H,14-17H2,1H3. The van der Waals surface area contributed by atoms with Crippen LogP contribution in [0.2, 0.25) is 28.3 Å². The number of carbonyl (C=O) groups excluding carboxylic acids is 1. The summed E-state index contributed by atoms with van der Waals surface area (Å²) < 4.78 is 0. The van der Waals surface area contributed by atoms with Gasteiger partial charge < -0.3 is 5.32 Å². The van der Waals surface area contributed by atoms with Crippen molar-refractivity contribution in [3.05, 3.63) is 34.9 Å². The topological polar surface area (TPSA) is 29.1 Å². The van der Waals surface area contributed by atoms with Gasteiger partial charge in [0, 0.05) is 5.02 Å². The highest BCUT2D eigenvalue weighted by Gasteiger charge is 2.53. The van der Waals surface area contributed by atoms with Crippen LogP contribution in [0.15, 0.2) is 24.3 Å². The zero-order valence-electron chi connectivity index (χ0n) is 12.9. The molecule has 0 spiro atoms. The van der Waals surface area contributed by atoms with Crippen LogP contribution in [0.4, 0.5) is 0 Å². The normalized spacial score (nSPS) is 37.8. The molecule has 2 rings (SSSR count). The van der Waals surface area contributed by atoms with Gasteiger partial charge >= 0.3 is 0 Å². The first-order chi connectivity index (χ1) is 9.37. The number of hydrogen-bond donors (Lipinski definition) is 1. The van der Waals surface area contributed by atoms with Gasteiger partial charge in [-0.05, 0) is 30.3 Å². The molecule has 5 unspecified atom stereocenters. The van der Waals surface area contributed by atoms with Gasteiger partial charge in [-0.25, -0.2) is 0 Å². The summed E-state index contributed by atoms with van der Waals surface area (Å²) in [4.78, 5) is 13.1. The van der Waals surface area contributed by atoms with E-state index < -0.39 is 5.54 Å². The summed E-state index contributed by atoms with van der Waals surface area (Å²) in [5.74, 6) is 1.33. The molecule has 2 nitrogen and oxygen atoms in total. The summed E-state index contributed by atoms with van der Waals surface area (Å²) in [5, 5.41) is 3.98. The quantitative estimate of drug-likeness (QED) is 0.708. The Kier molecular flexibility index (Phi) is 4.46. The molecular weight excluding hydrogens is 265 g/mol. The highest BCUT2D eigenvalue weighted by molar-refractivity contribution is 6.39. The van der Waals surface area contributed by atoms with Crippen molar-refractivity contribution >= 4 is 48.8 Å². The van der Waals surface area contributed by atoms with Gasteiger partial charge in [-0.3, -0.25) is 4.79 Å². The SMILES string of the molecule is BC1C(=O)C(NC)(c2ccccc2Cl)C(B)C(B)C1B. The molecule has 0 amide bonds. The molecule has 0 radical (unpaired) electrons. The number of nitrogens with one attached hydrogen (secondary N) is 1. The maximum Gasteiger partial charge on any atom is 0.151 e. The van der Waals surface area contributed by atoms with E-state index >= 15 is 0 Å². The zero-order chi connectivity index (χ0) is 15.1. The molecule has 1 N–H and O–H groups in total. The van der Waals surface area contributed by atoms with Gasteiger partial charge in [0.1, 0.15) is 31.4 Å². The minimum atomic E-state index is -0.677. The highest BCUT2D eigenvalue weighted by atomic mass is 35.5. The van der Waals surface area contributed by atoms with Crippen LogP contribution in [0.25, 0.3) is 0 Å². The van der Waals surface area contributed by atoms with E-state index in [-0.39, 0.29) is 17.4 Å². The molecule has 0 aliphatic heterocycles. The molecule has 1 aromatic carbocycles. The number of benzene rings is 1. The third-order valence-corrected chi connectivity index (χ3v) is 5.91. The lowest BCUT2D eigenvalue weighted by atomic mass is 9.39. The van der Waals surface area contributed by atoms with Crippen molar-refractivity contribution in [2.24, 2.45) is 0 Å². The van der Waals surface area contributed by atoms with Crippen LogP contribution in [0.3, 0.4) is 0 Å². The predicted molar refractivity (Wildman–Crippen MR) is 96.4 cm³/mol. The maximum absolute atomic E-state index is 13.1. The molecule has 102 valence electrons. The van der Waals surface area contributed by atoms with Gasteiger partial charge in [-0.15, -0.1) is 0 Å². The van der Waals surface area contributed by atoms with E-state index in [0.29, 0.717) is 16.7 Å². The molecule has 1 aliphatic rings. The number of halogens is 1. The van der Waals surface area contributed by atoms with E-state index in [9.17, 15) is 4.79 Å². The molecule has 1 fully saturated rings. The molecule has 20 heavy (non-hydrogen) atoms.